The molecule has 2 heterocycles. The minimum atomic E-state index is 0.535. The van der Waals surface area contributed by atoms with Crippen molar-refractivity contribution in [2.75, 3.05) is 0 Å². The lowest BCUT2D eigenvalue weighted by Crippen LogP contribution is -1.90. The second kappa shape index (κ2) is 3.01. The molecule has 2 aromatic heterocycles. The monoisotopic (exact) mass is 198 g/mol. The maximum Gasteiger partial charge on any atom is 0.130 e. The number of hydrogen-bond acceptors (Lipinski definition) is 3. The molecule has 2 N–H and O–H groups in total. The van der Waals surface area contributed by atoms with Gasteiger partial charge in [0.2, 0.25) is 0 Å². The van der Waals surface area contributed by atoms with Crippen LogP contribution in [0.1, 0.15) is 4.88 Å². The Morgan fingerprint density at radius 2 is 2.33 bits per heavy atom. The number of pyridine rings is 1. The van der Waals surface area contributed by atoms with E-state index in [2.05, 4.69) is 4.98 Å². The number of fused-ring (bicyclic) bond motifs is 1. The van der Waals surface area contributed by atoms with Crippen LogP contribution in [0.15, 0.2) is 18.2 Å². The summed E-state index contributed by atoms with van der Waals surface area (Å²) in [6, 6.07) is 5.79. The van der Waals surface area contributed by atoms with Gasteiger partial charge >= 0.3 is 0 Å². The van der Waals surface area contributed by atoms with Crippen LogP contribution in [0.25, 0.3) is 10.2 Å². The molecule has 0 amide bonds. The van der Waals surface area contributed by atoms with E-state index < -0.39 is 0 Å². The number of nitrogens with two attached hydrogens (primary N) is 1. The van der Waals surface area contributed by atoms with Crippen LogP contribution in [-0.2, 0) is 6.54 Å². The Bertz CT molecular complexity index is 410. The van der Waals surface area contributed by atoms with Gasteiger partial charge in [-0.2, -0.15) is 0 Å². The predicted octanol–water partition coefficient (Wildman–Crippen LogP) is 2.41. The van der Waals surface area contributed by atoms with Crippen molar-refractivity contribution in [2.24, 2.45) is 5.73 Å². The van der Waals surface area contributed by atoms with Crippen molar-refractivity contribution in [1.82, 2.24) is 4.98 Å². The van der Waals surface area contributed by atoms with Crippen molar-refractivity contribution in [2.45, 2.75) is 6.54 Å². The molecule has 2 nitrogen and oxygen atoms in total. The third kappa shape index (κ3) is 1.31. The average molecular weight is 199 g/mol. The van der Waals surface area contributed by atoms with Crippen molar-refractivity contribution in [3.8, 4) is 0 Å². The molecule has 0 aliphatic heterocycles. The fourth-order valence-electron chi connectivity index (χ4n) is 1.05. The van der Waals surface area contributed by atoms with Crippen LogP contribution in [0, 0.1) is 0 Å². The Balaban J connectivity index is 2.67. The predicted molar refractivity (Wildman–Crippen MR) is 52.5 cm³/mol. The molecular weight excluding hydrogens is 192 g/mol. The Labute approximate surface area is 79.0 Å². The molecule has 0 fully saturated rings. The lowest BCUT2D eigenvalue weighted by molar-refractivity contribution is 1.11. The Hall–Kier alpha value is -0.640. The highest BCUT2D eigenvalue weighted by atomic mass is 35.5. The molecule has 0 unspecified atom stereocenters. The molecule has 0 atom stereocenters. The second-order valence-electron chi connectivity index (χ2n) is 2.45. The zero-order valence-corrected chi connectivity index (χ0v) is 7.82. The third-order valence-electron chi connectivity index (χ3n) is 1.60. The Kier molecular flexibility index (Phi) is 2.00. The lowest BCUT2D eigenvalue weighted by Gasteiger charge is -1.87. The minimum absolute atomic E-state index is 0.535. The topological polar surface area (TPSA) is 38.9 Å². The smallest absolute Gasteiger partial charge is 0.130 e. The van der Waals surface area contributed by atoms with E-state index in [1.807, 2.05) is 12.1 Å². The normalized spacial score (nSPS) is 10.8. The van der Waals surface area contributed by atoms with Crippen LogP contribution in [0.5, 0.6) is 0 Å². The van der Waals surface area contributed by atoms with Gasteiger partial charge in [0.1, 0.15) is 9.98 Å². The van der Waals surface area contributed by atoms with Crippen LogP contribution in [0.2, 0.25) is 5.15 Å². The van der Waals surface area contributed by atoms with Crippen LogP contribution in [0.3, 0.4) is 0 Å². The molecule has 0 aliphatic rings. The maximum atomic E-state index is 5.74. The molecule has 12 heavy (non-hydrogen) atoms. The van der Waals surface area contributed by atoms with Gasteiger partial charge in [0.05, 0.1) is 0 Å². The van der Waals surface area contributed by atoms with E-state index in [-0.39, 0.29) is 0 Å². The van der Waals surface area contributed by atoms with Gasteiger partial charge in [-0.1, -0.05) is 11.6 Å². The van der Waals surface area contributed by atoms with Crippen molar-refractivity contribution < 1.29 is 0 Å². The first-order chi connectivity index (χ1) is 5.79. The van der Waals surface area contributed by atoms with E-state index >= 15 is 0 Å². The Morgan fingerprint density at radius 1 is 1.50 bits per heavy atom. The summed E-state index contributed by atoms with van der Waals surface area (Å²) in [4.78, 5) is 6.27. The first-order valence-electron chi connectivity index (χ1n) is 3.54. The Morgan fingerprint density at radius 3 is 3.08 bits per heavy atom. The van der Waals surface area contributed by atoms with E-state index in [1.165, 1.54) is 0 Å². The van der Waals surface area contributed by atoms with Crippen LogP contribution in [-0.4, -0.2) is 4.98 Å². The largest absolute Gasteiger partial charge is 0.326 e. The average Bonchev–Trinajstić information content (AvgIpc) is 2.46. The second-order valence-corrected chi connectivity index (χ2v) is 3.95. The quantitative estimate of drug-likeness (QED) is 0.715. The van der Waals surface area contributed by atoms with E-state index in [4.69, 9.17) is 17.3 Å². The summed E-state index contributed by atoms with van der Waals surface area (Å²) >= 11 is 7.33. The highest BCUT2D eigenvalue weighted by molar-refractivity contribution is 7.18. The molecule has 2 rings (SSSR count). The molecule has 0 saturated heterocycles. The molecule has 0 aromatic carbocycles. The van der Waals surface area contributed by atoms with Crippen LogP contribution < -0.4 is 5.73 Å². The molecular formula is C8H7ClN2S. The van der Waals surface area contributed by atoms with Crippen molar-refractivity contribution in [3.05, 3.63) is 28.2 Å². The molecule has 0 radical (unpaired) electrons. The number of nitrogens with zero attached hydrogens (tertiary/aromatic N) is 1. The zero-order chi connectivity index (χ0) is 8.55. The highest BCUT2D eigenvalue weighted by Gasteiger charge is 2.01. The summed E-state index contributed by atoms with van der Waals surface area (Å²) < 4.78 is 0. The van der Waals surface area contributed by atoms with E-state index in [0.29, 0.717) is 11.7 Å². The van der Waals surface area contributed by atoms with Crippen LogP contribution in [0.4, 0.5) is 0 Å². The fraction of sp³-hybridized carbons (Fsp3) is 0.125. The molecule has 0 spiro atoms. The summed E-state index contributed by atoms with van der Waals surface area (Å²) in [6.07, 6.45) is 0. The zero-order valence-electron chi connectivity index (χ0n) is 6.25. The molecule has 2 aromatic rings. The summed E-state index contributed by atoms with van der Waals surface area (Å²) in [7, 11) is 0. The molecule has 4 heteroatoms. The lowest BCUT2D eigenvalue weighted by atomic mass is 10.3. The van der Waals surface area contributed by atoms with Crippen molar-refractivity contribution >= 4 is 33.2 Å². The van der Waals surface area contributed by atoms with Gasteiger partial charge in [0.25, 0.3) is 0 Å². The molecule has 0 bridgehead atoms. The van der Waals surface area contributed by atoms with Gasteiger partial charge in [-0.25, -0.2) is 4.98 Å². The van der Waals surface area contributed by atoms with Gasteiger partial charge in [-0.05, 0) is 18.2 Å². The standard InChI is InChI=1S/C8H7ClN2S/c9-7-2-1-5-3-6(4-10)12-8(5)11-7/h1-3H,4,10H2. The molecule has 62 valence electrons. The van der Waals surface area contributed by atoms with Crippen LogP contribution >= 0.6 is 22.9 Å². The number of aromatic nitrogens is 1. The van der Waals surface area contributed by atoms with Crippen molar-refractivity contribution in [3.63, 3.8) is 0 Å². The number of hydrogen-bond donors (Lipinski definition) is 1. The van der Waals surface area contributed by atoms with Gasteiger partial charge in [0, 0.05) is 16.8 Å². The van der Waals surface area contributed by atoms with Gasteiger partial charge in [0.15, 0.2) is 0 Å². The SMILES string of the molecule is NCc1cc2ccc(Cl)nc2s1. The first kappa shape index (κ1) is 7.98. The number of halogens is 1. The van der Waals surface area contributed by atoms with E-state index in [0.717, 1.165) is 15.1 Å². The first-order valence-corrected chi connectivity index (χ1v) is 4.74. The summed E-state index contributed by atoms with van der Waals surface area (Å²) in [6.45, 7) is 0.568. The third-order valence-corrected chi connectivity index (χ3v) is 2.88. The van der Waals surface area contributed by atoms with E-state index in [1.54, 1.807) is 17.4 Å². The van der Waals surface area contributed by atoms with Gasteiger partial charge < -0.3 is 5.73 Å². The fourth-order valence-corrected chi connectivity index (χ4v) is 2.15. The molecule has 0 saturated carbocycles. The number of rotatable bonds is 1. The van der Waals surface area contributed by atoms with Crippen molar-refractivity contribution in [1.29, 1.82) is 0 Å². The number of thiophene rings is 1. The summed E-state index contributed by atoms with van der Waals surface area (Å²) in [5, 5.41) is 1.65. The summed E-state index contributed by atoms with van der Waals surface area (Å²) in [5.74, 6) is 0. The minimum Gasteiger partial charge on any atom is -0.326 e. The highest BCUT2D eigenvalue weighted by Crippen LogP contribution is 2.24. The van der Waals surface area contributed by atoms with E-state index in [9.17, 15) is 0 Å². The maximum absolute atomic E-state index is 5.74. The molecule has 0 aliphatic carbocycles. The summed E-state index contributed by atoms with van der Waals surface area (Å²) in [5.41, 5.74) is 5.50. The van der Waals surface area contributed by atoms with Gasteiger partial charge in [-0.15, -0.1) is 11.3 Å². The van der Waals surface area contributed by atoms with Gasteiger partial charge in [-0.3, -0.25) is 0 Å².